The van der Waals surface area contributed by atoms with Gasteiger partial charge >= 0.3 is 0 Å². The third kappa shape index (κ3) is 3.38. The van der Waals surface area contributed by atoms with E-state index in [1.54, 1.807) is 13.4 Å². The molecule has 0 spiro atoms. The van der Waals surface area contributed by atoms with Crippen LogP contribution in [0.3, 0.4) is 0 Å². The number of carbonyl (C=O) groups is 1. The molecular weight excluding hydrogens is 344 g/mol. The molecule has 2 aromatic rings. The molecule has 2 atom stereocenters. The Kier molecular flexibility index (Phi) is 4.99. The molecule has 1 saturated heterocycles. The molecule has 1 saturated carbocycles. The van der Waals surface area contributed by atoms with E-state index in [1.165, 1.54) is 19.3 Å². The number of amides is 1. The Bertz CT molecular complexity index is 807. The van der Waals surface area contributed by atoms with Gasteiger partial charge in [0.25, 0.3) is 5.91 Å². The second-order valence-corrected chi connectivity index (χ2v) is 7.77. The van der Waals surface area contributed by atoms with Gasteiger partial charge in [0.05, 0.1) is 18.2 Å². The van der Waals surface area contributed by atoms with Gasteiger partial charge in [-0.15, -0.1) is 10.2 Å². The van der Waals surface area contributed by atoms with Gasteiger partial charge in [-0.25, -0.2) is 0 Å². The molecular formula is C19H28N6O2. The molecule has 1 amide bonds. The maximum Gasteiger partial charge on any atom is 0.275 e. The van der Waals surface area contributed by atoms with Crippen LogP contribution in [-0.4, -0.2) is 55.1 Å². The highest BCUT2D eigenvalue weighted by Gasteiger charge is 2.40. The highest BCUT2D eigenvalue weighted by molar-refractivity contribution is 5.93. The lowest BCUT2D eigenvalue weighted by atomic mass is 9.95. The van der Waals surface area contributed by atoms with Crippen LogP contribution in [-0.2, 0) is 11.8 Å². The first-order chi connectivity index (χ1) is 13.1. The van der Waals surface area contributed by atoms with Gasteiger partial charge in [-0.1, -0.05) is 19.3 Å². The minimum absolute atomic E-state index is 0.00261. The van der Waals surface area contributed by atoms with Crippen LogP contribution in [0, 0.1) is 6.92 Å². The summed E-state index contributed by atoms with van der Waals surface area (Å²) in [4.78, 5) is 15.1. The minimum atomic E-state index is -0.143. The standard InChI is InChI=1S/C19H28N6O2/c1-13-9-16(22-25(13)14-7-5-4-6-8-14)19(26)24-11-15(27-3)10-17(24)18-21-20-12-23(18)2/h9,12,14-15,17H,4-8,10-11H2,1-3H3/t15-,17+/m1/s1. The van der Waals surface area contributed by atoms with E-state index in [0.717, 1.165) is 30.8 Å². The van der Waals surface area contributed by atoms with Crippen molar-refractivity contribution >= 4 is 5.91 Å². The molecule has 2 fully saturated rings. The Balaban J connectivity index is 1.60. The van der Waals surface area contributed by atoms with Crippen molar-refractivity contribution in [2.24, 2.45) is 7.05 Å². The van der Waals surface area contributed by atoms with Gasteiger partial charge in [-0.3, -0.25) is 9.48 Å². The molecule has 27 heavy (non-hydrogen) atoms. The van der Waals surface area contributed by atoms with Gasteiger partial charge in [0.1, 0.15) is 6.33 Å². The first-order valence-electron chi connectivity index (χ1n) is 9.82. The Morgan fingerprint density at radius 3 is 2.70 bits per heavy atom. The summed E-state index contributed by atoms with van der Waals surface area (Å²) in [6.07, 6.45) is 8.45. The van der Waals surface area contributed by atoms with Gasteiger partial charge < -0.3 is 14.2 Å². The first kappa shape index (κ1) is 18.2. The summed E-state index contributed by atoms with van der Waals surface area (Å²) in [6.45, 7) is 2.59. The number of hydrogen-bond acceptors (Lipinski definition) is 5. The Hall–Kier alpha value is -2.22. The fraction of sp³-hybridized carbons (Fsp3) is 0.684. The molecule has 146 valence electrons. The van der Waals surface area contributed by atoms with Crippen LogP contribution in [0.15, 0.2) is 12.4 Å². The third-order valence-electron chi connectivity index (χ3n) is 5.96. The second-order valence-electron chi connectivity index (χ2n) is 7.77. The molecule has 0 bridgehead atoms. The highest BCUT2D eigenvalue weighted by Crippen LogP contribution is 2.34. The van der Waals surface area contributed by atoms with Crippen LogP contribution in [0.25, 0.3) is 0 Å². The van der Waals surface area contributed by atoms with Crippen molar-refractivity contribution in [3.63, 3.8) is 0 Å². The molecule has 0 aromatic carbocycles. The van der Waals surface area contributed by atoms with E-state index in [4.69, 9.17) is 9.84 Å². The fourth-order valence-corrected chi connectivity index (χ4v) is 4.47. The zero-order valence-corrected chi connectivity index (χ0v) is 16.3. The largest absolute Gasteiger partial charge is 0.380 e. The van der Waals surface area contributed by atoms with Crippen LogP contribution in [0.4, 0.5) is 0 Å². The zero-order valence-electron chi connectivity index (χ0n) is 16.3. The summed E-state index contributed by atoms with van der Waals surface area (Å²) in [5.41, 5.74) is 1.57. The van der Waals surface area contributed by atoms with E-state index in [9.17, 15) is 4.79 Å². The minimum Gasteiger partial charge on any atom is -0.380 e. The number of likely N-dealkylation sites (tertiary alicyclic amines) is 1. The Labute approximate surface area is 159 Å². The molecule has 2 aliphatic rings. The molecule has 0 radical (unpaired) electrons. The van der Waals surface area contributed by atoms with E-state index in [0.29, 0.717) is 18.3 Å². The number of carbonyl (C=O) groups excluding carboxylic acids is 1. The average molecular weight is 372 g/mol. The van der Waals surface area contributed by atoms with Crippen molar-refractivity contribution in [1.82, 2.24) is 29.4 Å². The second kappa shape index (κ2) is 7.42. The van der Waals surface area contributed by atoms with E-state index in [1.807, 2.05) is 29.5 Å². The third-order valence-corrected chi connectivity index (χ3v) is 5.96. The molecule has 0 N–H and O–H groups in total. The maximum absolute atomic E-state index is 13.3. The predicted molar refractivity (Wildman–Crippen MR) is 99.3 cm³/mol. The monoisotopic (exact) mass is 372 g/mol. The van der Waals surface area contributed by atoms with Crippen molar-refractivity contribution in [2.45, 2.75) is 63.6 Å². The SMILES string of the molecule is CO[C@@H]1C[C@@H](c2nncn2C)N(C(=O)c2cc(C)n(C3CCCCC3)n2)C1. The van der Waals surface area contributed by atoms with E-state index < -0.39 is 0 Å². The van der Waals surface area contributed by atoms with Crippen molar-refractivity contribution in [3.05, 3.63) is 29.6 Å². The summed E-state index contributed by atoms with van der Waals surface area (Å²) in [6, 6.07) is 2.19. The van der Waals surface area contributed by atoms with Gasteiger partial charge in [-0.2, -0.15) is 5.10 Å². The summed E-state index contributed by atoms with van der Waals surface area (Å²) >= 11 is 0. The summed E-state index contributed by atoms with van der Waals surface area (Å²) < 4.78 is 9.48. The summed E-state index contributed by atoms with van der Waals surface area (Å²) in [5, 5.41) is 12.9. The number of nitrogens with zero attached hydrogens (tertiary/aromatic N) is 6. The highest BCUT2D eigenvalue weighted by atomic mass is 16.5. The molecule has 1 aliphatic carbocycles. The van der Waals surface area contributed by atoms with Gasteiger partial charge in [0.15, 0.2) is 11.5 Å². The number of aryl methyl sites for hydroxylation is 2. The zero-order chi connectivity index (χ0) is 19.0. The topological polar surface area (TPSA) is 78.1 Å². The number of rotatable bonds is 4. The number of ether oxygens (including phenoxy) is 1. The average Bonchev–Trinajstić information content (AvgIpc) is 3.39. The van der Waals surface area contributed by atoms with Gasteiger partial charge in [0.2, 0.25) is 0 Å². The number of methoxy groups -OCH3 is 1. The van der Waals surface area contributed by atoms with Crippen LogP contribution < -0.4 is 0 Å². The lowest BCUT2D eigenvalue weighted by Gasteiger charge is -2.24. The number of hydrogen-bond donors (Lipinski definition) is 0. The predicted octanol–water partition coefficient (Wildman–Crippen LogP) is 2.43. The molecule has 3 heterocycles. The van der Waals surface area contributed by atoms with Crippen molar-refractivity contribution in [1.29, 1.82) is 0 Å². The van der Waals surface area contributed by atoms with E-state index in [2.05, 4.69) is 14.9 Å². The van der Waals surface area contributed by atoms with Gasteiger partial charge in [0, 0.05) is 32.8 Å². The van der Waals surface area contributed by atoms with Crippen LogP contribution in [0.1, 0.15) is 72.6 Å². The van der Waals surface area contributed by atoms with Crippen molar-refractivity contribution < 1.29 is 9.53 Å². The molecule has 8 heteroatoms. The molecule has 4 rings (SSSR count). The van der Waals surface area contributed by atoms with Crippen molar-refractivity contribution in [2.75, 3.05) is 13.7 Å². The van der Waals surface area contributed by atoms with Crippen molar-refractivity contribution in [3.8, 4) is 0 Å². The molecule has 1 aliphatic heterocycles. The van der Waals surface area contributed by atoms with Crippen LogP contribution in [0.2, 0.25) is 0 Å². The Morgan fingerprint density at radius 1 is 1.26 bits per heavy atom. The normalized spacial score (nSPS) is 23.9. The summed E-state index contributed by atoms with van der Waals surface area (Å²) in [5.74, 6) is 0.728. The van der Waals surface area contributed by atoms with E-state index >= 15 is 0 Å². The lowest BCUT2D eigenvalue weighted by Crippen LogP contribution is -2.33. The fourth-order valence-electron chi connectivity index (χ4n) is 4.47. The van der Waals surface area contributed by atoms with E-state index in [-0.39, 0.29) is 18.1 Å². The van der Waals surface area contributed by atoms with Crippen LogP contribution >= 0.6 is 0 Å². The molecule has 0 unspecified atom stereocenters. The van der Waals surface area contributed by atoms with Gasteiger partial charge in [-0.05, 0) is 25.8 Å². The maximum atomic E-state index is 13.3. The number of aromatic nitrogens is 5. The first-order valence-corrected chi connectivity index (χ1v) is 9.82. The Morgan fingerprint density at radius 2 is 2.04 bits per heavy atom. The smallest absolute Gasteiger partial charge is 0.275 e. The quantitative estimate of drug-likeness (QED) is 0.824. The lowest BCUT2D eigenvalue weighted by molar-refractivity contribution is 0.0676. The molecule has 8 nitrogen and oxygen atoms in total. The summed E-state index contributed by atoms with van der Waals surface area (Å²) in [7, 11) is 3.59. The van der Waals surface area contributed by atoms with Crippen LogP contribution in [0.5, 0.6) is 0 Å². The molecule has 2 aromatic heterocycles.